The Labute approximate surface area is 149 Å². The summed E-state index contributed by atoms with van der Waals surface area (Å²) in [7, 11) is 3.21. The van der Waals surface area contributed by atoms with Crippen LogP contribution in [0.15, 0.2) is 53.4 Å². The third-order valence-corrected chi connectivity index (χ3v) is 5.71. The first kappa shape index (κ1) is 19.0. The number of nitrogens with zero attached hydrogens (tertiary/aromatic N) is 2. The molecule has 0 aromatic heterocycles. The van der Waals surface area contributed by atoms with Crippen molar-refractivity contribution in [2.45, 2.75) is 11.4 Å². The molecule has 134 valence electrons. The van der Waals surface area contributed by atoms with Gasteiger partial charge in [-0.1, -0.05) is 24.3 Å². The van der Waals surface area contributed by atoms with E-state index in [-0.39, 0.29) is 17.3 Å². The van der Waals surface area contributed by atoms with Crippen molar-refractivity contribution < 1.29 is 13.2 Å². The maximum Gasteiger partial charge on any atom is 0.251 e. The van der Waals surface area contributed by atoms with E-state index in [9.17, 15) is 13.2 Å². The number of amides is 1. The Hall–Kier alpha value is -2.38. The molecule has 1 N–H and O–H groups in total. The van der Waals surface area contributed by atoms with Crippen LogP contribution in [0, 0.1) is 0 Å². The zero-order valence-corrected chi connectivity index (χ0v) is 15.7. The van der Waals surface area contributed by atoms with E-state index in [1.54, 1.807) is 36.4 Å². The van der Waals surface area contributed by atoms with E-state index >= 15 is 0 Å². The molecule has 2 aromatic rings. The first-order valence-electron chi connectivity index (χ1n) is 7.79. The molecule has 0 unspecified atom stereocenters. The van der Waals surface area contributed by atoms with Crippen LogP contribution in [0.3, 0.4) is 0 Å². The highest BCUT2D eigenvalue weighted by Crippen LogP contribution is 2.19. The second-order valence-electron chi connectivity index (χ2n) is 6.02. The topological polar surface area (TPSA) is 69.7 Å². The van der Waals surface area contributed by atoms with Gasteiger partial charge in [-0.2, -0.15) is 0 Å². The monoisotopic (exact) mass is 361 g/mol. The fourth-order valence-electron chi connectivity index (χ4n) is 2.30. The summed E-state index contributed by atoms with van der Waals surface area (Å²) in [5, 5.41) is 2.79. The van der Waals surface area contributed by atoms with Crippen molar-refractivity contribution >= 4 is 21.6 Å². The second kappa shape index (κ2) is 7.67. The maximum absolute atomic E-state index is 12.4. The molecule has 0 aliphatic heterocycles. The second-order valence-corrected chi connectivity index (χ2v) is 8.14. The lowest BCUT2D eigenvalue weighted by Crippen LogP contribution is -2.27. The Morgan fingerprint density at radius 3 is 2.32 bits per heavy atom. The molecule has 0 saturated carbocycles. The molecular formula is C18H23N3O3S. The predicted octanol–water partition coefficient (Wildman–Crippen LogP) is 1.93. The van der Waals surface area contributed by atoms with E-state index in [1.807, 2.05) is 31.1 Å². The molecule has 0 saturated heterocycles. The summed E-state index contributed by atoms with van der Waals surface area (Å²) in [6, 6.07) is 13.9. The fraction of sp³-hybridized carbons (Fsp3) is 0.278. The van der Waals surface area contributed by atoms with E-state index in [0.29, 0.717) is 11.1 Å². The van der Waals surface area contributed by atoms with E-state index in [4.69, 9.17) is 0 Å². The number of benzene rings is 2. The molecule has 0 radical (unpaired) electrons. The molecule has 0 spiro atoms. The van der Waals surface area contributed by atoms with Crippen molar-refractivity contribution in [3.05, 3.63) is 59.7 Å². The fourth-order valence-corrected chi connectivity index (χ4v) is 3.42. The molecule has 0 fully saturated rings. The first-order chi connectivity index (χ1) is 11.7. The van der Waals surface area contributed by atoms with E-state index in [0.717, 1.165) is 9.99 Å². The largest absolute Gasteiger partial charge is 0.378 e. The van der Waals surface area contributed by atoms with Crippen molar-refractivity contribution in [3.8, 4) is 0 Å². The molecule has 0 atom stereocenters. The highest BCUT2D eigenvalue weighted by Gasteiger charge is 2.20. The van der Waals surface area contributed by atoms with Gasteiger partial charge in [0, 0.05) is 46.0 Å². The standard InChI is InChI=1S/C18H23N3O3S/c1-20(2)16-10-7-9-14(12-16)18(22)19-13-15-8-5-6-11-17(15)25(23,24)21(3)4/h5-12H,13H2,1-4H3,(H,19,22). The van der Waals surface area contributed by atoms with Gasteiger partial charge in [-0.05, 0) is 29.8 Å². The predicted molar refractivity (Wildman–Crippen MR) is 99.3 cm³/mol. The van der Waals surface area contributed by atoms with Crippen molar-refractivity contribution in [2.24, 2.45) is 0 Å². The Bertz CT molecular complexity index is 861. The molecule has 0 bridgehead atoms. The molecule has 0 aliphatic carbocycles. The smallest absolute Gasteiger partial charge is 0.251 e. The number of carbonyl (C=O) groups excluding carboxylic acids is 1. The summed E-state index contributed by atoms with van der Waals surface area (Å²) >= 11 is 0. The lowest BCUT2D eigenvalue weighted by Gasteiger charge is -2.16. The first-order valence-corrected chi connectivity index (χ1v) is 9.23. The normalized spacial score (nSPS) is 11.4. The lowest BCUT2D eigenvalue weighted by molar-refractivity contribution is 0.0950. The van der Waals surface area contributed by atoms with Crippen LogP contribution in [0.25, 0.3) is 0 Å². The van der Waals surface area contributed by atoms with Crippen LogP contribution in [0.2, 0.25) is 0 Å². The number of anilines is 1. The van der Waals surface area contributed by atoms with Crippen molar-refractivity contribution in [1.29, 1.82) is 0 Å². The van der Waals surface area contributed by atoms with Gasteiger partial charge >= 0.3 is 0 Å². The van der Waals surface area contributed by atoms with Crippen LogP contribution >= 0.6 is 0 Å². The van der Waals surface area contributed by atoms with Gasteiger partial charge in [0.2, 0.25) is 10.0 Å². The van der Waals surface area contributed by atoms with Crippen LogP contribution in [-0.4, -0.2) is 46.8 Å². The summed E-state index contributed by atoms with van der Waals surface area (Å²) in [6.07, 6.45) is 0. The highest BCUT2D eigenvalue weighted by molar-refractivity contribution is 7.89. The molecule has 25 heavy (non-hydrogen) atoms. The minimum Gasteiger partial charge on any atom is -0.378 e. The van der Waals surface area contributed by atoms with Gasteiger partial charge < -0.3 is 10.2 Å². The van der Waals surface area contributed by atoms with Crippen LogP contribution in [0.5, 0.6) is 0 Å². The van der Waals surface area contributed by atoms with Gasteiger partial charge in [0.05, 0.1) is 4.90 Å². The number of nitrogens with one attached hydrogen (secondary N) is 1. The van der Waals surface area contributed by atoms with Gasteiger partial charge in [-0.15, -0.1) is 0 Å². The number of rotatable bonds is 6. The van der Waals surface area contributed by atoms with Crippen LogP contribution in [0.1, 0.15) is 15.9 Å². The summed E-state index contributed by atoms with van der Waals surface area (Å²) in [5.74, 6) is -0.249. The molecule has 6 nitrogen and oxygen atoms in total. The van der Waals surface area contributed by atoms with E-state index in [2.05, 4.69) is 5.32 Å². The Morgan fingerprint density at radius 1 is 1.00 bits per heavy atom. The van der Waals surface area contributed by atoms with Crippen molar-refractivity contribution in [2.75, 3.05) is 33.1 Å². The lowest BCUT2D eigenvalue weighted by atomic mass is 10.1. The zero-order chi connectivity index (χ0) is 18.6. The van der Waals surface area contributed by atoms with Crippen LogP contribution in [0.4, 0.5) is 5.69 Å². The van der Waals surface area contributed by atoms with Gasteiger partial charge in [-0.3, -0.25) is 4.79 Å². The van der Waals surface area contributed by atoms with E-state index in [1.165, 1.54) is 14.1 Å². The van der Waals surface area contributed by atoms with Crippen LogP contribution < -0.4 is 10.2 Å². The average Bonchev–Trinajstić information content (AvgIpc) is 2.59. The number of sulfonamides is 1. The molecular weight excluding hydrogens is 338 g/mol. The highest BCUT2D eigenvalue weighted by atomic mass is 32.2. The van der Waals surface area contributed by atoms with E-state index < -0.39 is 10.0 Å². The number of carbonyl (C=O) groups is 1. The minimum absolute atomic E-state index is 0.133. The number of hydrogen-bond acceptors (Lipinski definition) is 4. The van der Waals surface area contributed by atoms with Crippen molar-refractivity contribution in [3.63, 3.8) is 0 Å². The Morgan fingerprint density at radius 2 is 1.68 bits per heavy atom. The Kier molecular flexibility index (Phi) is 5.81. The summed E-state index contributed by atoms with van der Waals surface area (Å²) in [4.78, 5) is 14.5. The summed E-state index contributed by atoms with van der Waals surface area (Å²) in [6.45, 7) is 0.133. The molecule has 2 aromatic carbocycles. The average molecular weight is 361 g/mol. The molecule has 1 amide bonds. The third-order valence-electron chi connectivity index (χ3n) is 3.80. The van der Waals surface area contributed by atoms with Gasteiger partial charge in [-0.25, -0.2) is 12.7 Å². The quantitative estimate of drug-likeness (QED) is 0.854. The van der Waals surface area contributed by atoms with Gasteiger partial charge in [0.1, 0.15) is 0 Å². The van der Waals surface area contributed by atoms with Gasteiger partial charge in [0.25, 0.3) is 5.91 Å². The minimum atomic E-state index is -3.56. The molecule has 2 rings (SSSR count). The van der Waals surface area contributed by atoms with Crippen molar-refractivity contribution in [1.82, 2.24) is 9.62 Å². The summed E-state index contributed by atoms with van der Waals surface area (Å²) < 4.78 is 26.0. The SMILES string of the molecule is CN(C)c1cccc(C(=O)NCc2ccccc2S(=O)(=O)N(C)C)c1. The summed E-state index contributed by atoms with van der Waals surface area (Å²) in [5.41, 5.74) is 2.00. The zero-order valence-electron chi connectivity index (χ0n) is 14.9. The van der Waals surface area contributed by atoms with Crippen LogP contribution in [-0.2, 0) is 16.6 Å². The van der Waals surface area contributed by atoms with Gasteiger partial charge in [0.15, 0.2) is 0 Å². The number of hydrogen-bond donors (Lipinski definition) is 1. The molecule has 0 heterocycles. The molecule has 0 aliphatic rings. The molecule has 7 heteroatoms. The Balaban J connectivity index is 2.20. The maximum atomic E-state index is 12.4. The third kappa shape index (κ3) is 4.37.